The van der Waals surface area contributed by atoms with Crippen molar-refractivity contribution in [2.45, 2.75) is 37.9 Å². The normalized spacial score (nSPS) is 28.8. The highest BCUT2D eigenvalue weighted by Crippen LogP contribution is 2.45. The number of carboxylic acids is 1. The zero-order valence-electron chi connectivity index (χ0n) is 13.7. The summed E-state index contributed by atoms with van der Waals surface area (Å²) in [5, 5.41) is 8.56. The molecule has 0 radical (unpaired) electrons. The molecule has 2 fully saturated rings. The second-order valence-corrected chi connectivity index (χ2v) is 6.43. The van der Waals surface area contributed by atoms with Gasteiger partial charge in [-0.15, -0.1) is 0 Å². The van der Waals surface area contributed by atoms with E-state index in [1.165, 1.54) is 6.08 Å². The molecule has 0 spiro atoms. The highest BCUT2D eigenvalue weighted by Gasteiger charge is 2.48. The number of fused-ring (bicyclic) bond motifs is 2. The van der Waals surface area contributed by atoms with Crippen molar-refractivity contribution in [1.82, 2.24) is 0 Å². The van der Waals surface area contributed by atoms with Gasteiger partial charge in [0.2, 0.25) is 0 Å². The van der Waals surface area contributed by atoms with Crippen LogP contribution in [0.5, 0.6) is 5.75 Å². The Labute approximate surface area is 142 Å². The van der Waals surface area contributed by atoms with Gasteiger partial charge in [0.1, 0.15) is 5.75 Å². The van der Waals surface area contributed by atoms with Gasteiger partial charge in [0.05, 0.1) is 18.8 Å². The van der Waals surface area contributed by atoms with Crippen LogP contribution < -0.4 is 4.74 Å². The number of hydrogen-bond donors (Lipinski definition) is 1. The molecule has 128 valence electrons. The standard InChI is InChI=1S/C20H24O4/c21-20(22)11-7-2-1-6-10-16-17(19-13-12-18(16)24-19)14-23-15-8-4-3-5-9-15/h1,3-9,11,16-19H,2,10,12-14H2,(H,21,22)/b6-1-,11-7+/t16-,17+,18-,19+/m0/s1. The number of carbonyl (C=O) groups is 1. The molecule has 1 N–H and O–H groups in total. The molecule has 0 amide bonds. The largest absolute Gasteiger partial charge is 0.493 e. The quantitative estimate of drug-likeness (QED) is 0.582. The van der Waals surface area contributed by atoms with Gasteiger partial charge in [0.25, 0.3) is 0 Å². The third kappa shape index (κ3) is 4.26. The van der Waals surface area contributed by atoms with Gasteiger partial charge in [0, 0.05) is 12.0 Å². The van der Waals surface area contributed by atoms with Crippen molar-refractivity contribution >= 4 is 5.97 Å². The lowest BCUT2D eigenvalue weighted by Crippen LogP contribution is -2.31. The fraction of sp³-hybridized carbons (Fsp3) is 0.450. The Bertz CT molecular complexity index is 593. The number of allylic oxidation sites excluding steroid dienone is 3. The molecule has 1 aromatic rings. The van der Waals surface area contributed by atoms with Crippen molar-refractivity contribution in [3.63, 3.8) is 0 Å². The van der Waals surface area contributed by atoms with Crippen LogP contribution in [0.3, 0.4) is 0 Å². The first-order valence-electron chi connectivity index (χ1n) is 8.62. The van der Waals surface area contributed by atoms with E-state index in [2.05, 4.69) is 6.08 Å². The monoisotopic (exact) mass is 328 g/mol. The molecule has 0 unspecified atom stereocenters. The van der Waals surface area contributed by atoms with Crippen LogP contribution in [0.25, 0.3) is 0 Å². The molecule has 2 saturated heterocycles. The van der Waals surface area contributed by atoms with Crippen molar-refractivity contribution in [2.24, 2.45) is 11.8 Å². The maximum atomic E-state index is 10.4. The van der Waals surface area contributed by atoms with Gasteiger partial charge >= 0.3 is 5.97 Å². The number of para-hydroxylation sites is 1. The lowest BCUT2D eigenvalue weighted by molar-refractivity contribution is -0.131. The first-order valence-corrected chi connectivity index (χ1v) is 8.62. The maximum absolute atomic E-state index is 10.4. The Morgan fingerprint density at radius 3 is 2.62 bits per heavy atom. The zero-order chi connectivity index (χ0) is 16.8. The molecule has 0 aliphatic carbocycles. The number of ether oxygens (including phenoxy) is 2. The second-order valence-electron chi connectivity index (χ2n) is 6.43. The first kappa shape index (κ1) is 16.8. The van der Waals surface area contributed by atoms with Crippen LogP contribution in [-0.2, 0) is 9.53 Å². The minimum absolute atomic E-state index is 0.323. The lowest BCUT2D eigenvalue weighted by atomic mass is 9.78. The summed E-state index contributed by atoms with van der Waals surface area (Å²) in [7, 11) is 0. The van der Waals surface area contributed by atoms with Gasteiger partial charge < -0.3 is 14.6 Å². The van der Waals surface area contributed by atoms with E-state index < -0.39 is 5.97 Å². The molecule has 2 bridgehead atoms. The molecule has 24 heavy (non-hydrogen) atoms. The van der Waals surface area contributed by atoms with Gasteiger partial charge in [-0.3, -0.25) is 0 Å². The van der Waals surface area contributed by atoms with E-state index in [0.717, 1.165) is 25.0 Å². The summed E-state index contributed by atoms with van der Waals surface area (Å²) in [4.78, 5) is 10.4. The molecule has 0 aromatic heterocycles. The van der Waals surface area contributed by atoms with Gasteiger partial charge in [-0.25, -0.2) is 4.79 Å². The van der Waals surface area contributed by atoms with Crippen LogP contribution in [0.15, 0.2) is 54.6 Å². The van der Waals surface area contributed by atoms with Gasteiger partial charge in [0.15, 0.2) is 0 Å². The van der Waals surface area contributed by atoms with Gasteiger partial charge in [-0.1, -0.05) is 36.4 Å². The lowest BCUT2D eigenvalue weighted by Gasteiger charge is -2.27. The molecule has 1 aromatic carbocycles. The van der Waals surface area contributed by atoms with Gasteiger partial charge in [-0.2, -0.15) is 0 Å². The predicted octanol–water partition coefficient (Wildman–Crippen LogP) is 3.84. The molecule has 4 nitrogen and oxygen atoms in total. The van der Waals surface area contributed by atoms with Crippen LogP contribution in [0.4, 0.5) is 0 Å². The molecular formula is C20H24O4. The summed E-state index contributed by atoms with van der Waals surface area (Å²) in [6.07, 6.45) is 11.6. The van der Waals surface area contributed by atoms with Crippen molar-refractivity contribution in [1.29, 1.82) is 0 Å². The van der Waals surface area contributed by atoms with Crippen molar-refractivity contribution in [3.8, 4) is 5.75 Å². The molecular weight excluding hydrogens is 304 g/mol. The average Bonchev–Trinajstić information content (AvgIpc) is 3.18. The number of carboxylic acid groups (broad SMARTS) is 1. The molecule has 0 saturated carbocycles. The van der Waals surface area contributed by atoms with E-state index in [4.69, 9.17) is 14.6 Å². The third-order valence-electron chi connectivity index (χ3n) is 4.88. The Morgan fingerprint density at radius 2 is 1.88 bits per heavy atom. The highest BCUT2D eigenvalue weighted by molar-refractivity contribution is 5.79. The minimum atomic E-state index is -0.900. The Morgan fingerprint density at radius 1 is 1.12 bits per heavy atom. The number of aliphatic carboxylic acids is 1. The van der Waals surface area contributed by atoms with Crippen LogP contribution >= 0.6 is 0 Å². The summed E-state index contributed by atoms with van der Waals surface area (Å²) in [5.41, 5.74) is 0. The van der Waals surface area contributed by atoms with Crippen LogP contribution in [0, 0.1) is 11.8 Å². The van der Waals surface area contributed by atoms with E-state index in [0.29, 0.717) is 37.1 Å². The fourth-order valence-corrected chi connectivity index (χ4v) is 3.73. The molecule has 2 heterocycles. The molecule has 4 heteroatoms. The SMILES string of the molecule is O=C(O)/C=C/C/C=C\C[C@H]1[C@@H](COc2ccccc2)[C@H]2CC[C@@H]1O2. The predicted molar refractivity (Wildman–Crippen MR) is 92.0 cm³/mol. The van der Waals surface area contributed by atoms with E-state index in [9.17, 15) is 4.79 Å². The van der Waals surface area contributed by atoms with Crippen molar-refractivity contribution < 1.29 is 19.4 Å². The smallest absolute Gasteiger partial charge is 0.327 e. The summed E-state index contributed by atoms with van der Waals surface area (Å²) in [6, 6.07) is 9.92. The Kier molecular flexibility index (Phi) is 5.70. The van der Waals surface area contributed by atoms with Crippen molar-refractivity contribution in [2.75, 3.05) is 6.61 Å². The molecule has 3 rings (SSSR count). The number of benzene rings is 1. The molecule has 2 aliphatic heterocycles. The zero-order valence-corrected chi connectivity index (χ0v) is 13.7. The van der Waals surface area contributed by atoms with Crippen LogP contribution in [0.2, 0.25) is 0 Å². The van der Waals surface area contributed by atoms with E-state index in [1.807, 2.05) is 36.4 Å². The summed E-state index contributed by atoms with van der Waals surface area (Å²) in [6.45, 7) is 0.697. The molecule has 4 atom stereocenters. The van der Waals surface area contributed by atoms with Crippen molar-refractivity contribution in [3.05, 3.63) is 54.6 Å². The second kappa shape index (κ2) is 8.15. The van der Waals surface area contributed by atoms with E-state index >= 15 is 0 Å². The Balaban J connectivity index is 1.51. The average molecular weight is 328 g/mol. The van der Waals surface area contributed by atoms with Crippen LogP contribution in [-0.4, -0.2) is 29.9 Å². The fourth-order valence-electron chi connectivity index (χ4n) is 3.73. The number of rotatable bonds is 8. The van der Waals surface area contributed by atoms with E-state index in [1.54, 1.807) is 6.08 Å². The Hall–Kier alpha value is -2.07. The first-order chi connectivity index (χ1) is 11.7. The number of hydrogen-bond acceptors (Lipinski definition) is 3. The summed E-state index contributed by atoms with van der Waals surface area (Å²) in [5.74, 6) is 0.937. The minimum Gasteiger partial charge on any atom is -0.493 e. The maximum Gasteiger partial charge on any atom is 0.327 e. The van der Waals surface area contributed by atoms with Gasteiger partial charge in [-0.05, 0) is 43.7 Å². The molecule has 2 aliphatic rings. The summed E-state index contributed by atoms with van der Waals surface area (Å²) < 4.78 is 12.1. The van der Waals surface area contributed by atoms with Crippen LogP contribution in [0.1, 0.15) is 25.7 Å². The third-order valence-corrected chi connectivity index (χ3v) is 4.88. The highest BCUT2D eigenvalue weighted by atomic mass is 16.5. The summed E-state index contributed by atoms with van der Waals surface area (Å²) >= 11 is 0. The van der Waals surface area contributed by atoms with E-state index in [-0.39, 0.29) is 0 Å². The topological polar surface area (TPSA) is 55.8 Å².